The lowest BCUT2D eigenvalue weighted by Crippen LogP contribution is -2.31. The number of aromatic nitrogens is 3. The van der Waals surface area contributed by atoms with Crippen LogP contribution >= 0.6 is 0 Å². The fourth-order valence-electron chi connectivity index (χ4n) is 3.94. The molecule has 3 aromatic rings. The number of halogens is 3. The minimum atomic E-state index is -4.80. The van der Waals surface area contributed by atoms with E-state index in [4.69, 9.17) is 0 Å². The maximum Gasteiger partial charge on any atom is 0.573 e. The number of benzene rings is 1. The van der Waals surface area contributed by atoms with Crippen LogP contribution in [0.25, 0.3) is 16.9 Å². The molecule has 2 N–H and O–H groups in total. The Labute approximate surface area is 188 Å². The van der Waals surface area contributed by atoms with E-state index in [-0.39, 0.29) is 23.0 Å². The first-order chi connectivity index (χ1) is 15.3. The minimum absolute atomic E-state index is 0.0379. The van der Waals surface area contributed by atoms with Crippen LogP contribution in [0.3, 0.4) is 0 Å². The fourth-order valence-corrected chi connectivity index (χ4v) is 3.94. The number of anilines is 1. The van der Waals surface area contributed by atoms with E-state index < -0.39 is 12.0 Å². The van der Waals surface area contributed by atoms with Crippen molar-refractivity contribution in [1.82, 2.24) is 14.5 Å². The highest BCUT2D eigenvalue weighted by Crippen LogP contribution is 2.43. The first-order valence-electron chi connectivity index (χ1n) is 10.6. The molecular formula is C23H25F3N4O3. The normalized spacial score (nSPS) is 15.8. The number of nitrogens with zero attached hydrogens (tertiary/aromatic N) is 3. The number of amides is 1. The SMILES string of the molecule is CC1(CC(=O)Nc2nc3ccc(C(C)(C)O)nc3n2-c2ccc(OC(F)(F)F)cc2)CCC1. The molecule has 7 nitrogen and oxygen atoms in total. The summed E-state index contributed by atoms with van der Waals surface area (Å²) >= 11 is 0. The summed E-state index contributed by atoms with van der Waals surface area (Å²) in [6, 6.07) is 8.51. The number of pyridine rings is 1. The number of nitrogens with one attached hydrogen (secondary N) is 1. The maximum absolute atomic E-state index is 12.7. The number of carbonyl (C=O) groups excluding carboxylic acids is 1. The number of carbonyl (C=O) groups is 1. The second-order valence-corrected chi connectivity index (χ2v) is 9.30. The smallest absolute Gasteiger partial charge is 0.406 e. The fraction of sp³-hybridized carbons (Fsp3) is 0.435. The third-order valence-electron chi connectivity index (χ3n) is 5.86. The number of alkyl halides is 3. The molecule has 2 aromatic heterocycles. The van der Waals surface area contributed by atoms with Crippen LogP contribution in [-0.2, 0) is 10.4 Å². The van der Waals surface area contributed by atoms with Crippen molar-refractivity contribution in [2.24, 2.45) is 5.41 Å². The second-order valence-electron chi connectivity index (χ2n) is 9.30. The molecule has 0 saturated heterocycles. The van der Waals surface area contributed by atoms with Crippen LogP contribution in [0.15, 0.2) is 36.4 Å². The summed E-state index contributed by atoms with van der Waals surface area (Å²) < 4.78 is 43.1. The van der Waals surface area contributed by atoms with Gasteiger partial charge in [-0.3, -0.25) is 14.7 Å². The van der Waals surface area contributed by atoms with Crippen molar-refractivity contribution in [2.75, 3.05) is 5.32 Å². The first kappa shape index (κ1) is 23.0. The molecular weight excluding hydrogens is 437 g/mol. The van der Waals surface area contributed by atoms with Crippen molar-refractivity contribution in [3.05, 3.63) is 42.1 Å². The average Bonchev–Trinajstić information content (AvgIpc) is 3.02. The van der Waals surface area contributed by atoms with Gasteiger partial charge in [-0.25, -0.2) is 9.97 Å². The molecule has 4 rings (SSSR count). The third-order valence-corrected chi connectivity index (χ3v) is 5.86. The van der Waals surface area contributed by atoms with E-state index in [9.17, 15) is 23.1 Å². The lowest BCUT2D eigenvalue weighted by atomic mass is 9.68. The van der Waals surface area contributed by atoms with Crippen LogP contribution in [0, 0.1) is 5.41 Å². The van der Waals surface area contributed by atoms with E-state index in [1.54, 1.807) is 30.5 Å². The third kappa shape index (κ3) is 5.11. The molecule has 1 aliphatic carbocycles. The lowest BCUT2D eigenvalue weighted by Gasteiger charge is -2.37. The summed E-state index contributed by atoms with van der Waals surface area (Å²) in [5, 5.41) is 13.2. The van der Waals surface area contributed by atoms with Gasteiger partial charge < -0.3 is 9.84 Å². The Bertz CT molecular complexity index is 1180. The van der Waals surface area contributed by atoms with Gasteiger partial charge in [-0.1, -0.05) is 13.3 Å². The highest BCUT2D eigenvalue weighted by Gasteiger charge is 2.34. The Balaban J connectivity index is 1.75. The Morgan fingerprint density at radius 2 is 1.82 bits per heavy atom. The van der Waals surface area contributed by atoms with Gasteiger partial charge in [0.05, 0.1) is 11.4 Å². The minimum Gasteiger partial charge on any atom is -0.406 e. The van der Waals surface area contributed by atoms with Crippen LogP contribution in [0.1, 0.15) is 52.1 Å². The molecule has 176 valence electrons. The monoisotopic (exact) mass is 462 g/mol. The van der Waals surface area contributed by atoms with E-state index >= 15 is 0 Å². The molecule has 1 fully saturated rings. The number of hydrogen-bond acceptors (Lipinski definition) is 5. The van der Waals surface area contributed by atoms with Crippen molar-refractivity contribution in [3.8, 4) is 11.4 Å². The molecule has 2 heterocycles. The van der Waals surface area contributed by atoms with Crippen LogP contribution in [-0.4, -0.2) is 31.9 Å². The zero-order valence-corrected chi connectivity index (χ0v) is 18.5. The average molecular weight is 462 g/mol. The van der Waals surface area contributed by atoms with Gasteiger partial charge in [0.15, 0.2) is 5.65 Å². The zero-order valence-electron chi connectivity index (χ0n) is 18.5. The summed E-state index contributed by atoms with van der Waals surface area (Å²) in [6.45, 7) is 5.25. The Morgan fingerprint density at radius 3 is 2.36 bits per heavy atom. The largest absolute Gasteiger partial charge is 0.573 e. The quantitative estimate of drug-likeness (QED) is 0.534. The molecule has 0 bridgehead atoms. The Morgan fingerprint density at radius 1 is 1.15 bits per heavy atom. The van der Waals surface area contributed by atoms with Gasteiger partial charge in [-0.2, -0.15) is 0 Å². The van der Waals surface area contributed by atoms with Crippen molar-refractivity contribution in [2.45, 2.75) is 58.4 Å². The van der Waals surface area contributed by atoms with Gasteiger partial charge >= 0.3 is 6.36 Å². The lowest BCUT2D eigenvalue weighted by molar-refractivity contribution is -0.274. The summed E-state index contributed by atoms with van der Waals surface area (Å²) in [7, 11) is 0. The van der Waals surface area contributed by atoms with E-state index in [2.05, 4.69) is 26.9 Å². The van der Waals surface area contributed by atoms with Gasteiger partial charge in [0, 0.05) is 6.42 Å². The van der Waals surface area contributed by atoms with Gasteiger partial charge in [0.25, 0.3) is 0 Å². The molecule has 1 aliphatic rings. The van der Waals surface area contributed by atoms with Crippen LogP contribution in [0.2, 0.25) is 0 Å². The van der Waals surface area contributed by atoms with E-state index in [1.165, 1.54) is 24.3 Å². The van der Waals surface area contributed by atoms with Crippen LogP contribution in [0.4, 0.5) is 19.1 Å². The maximum atomic E-state index is 12.7. The standard InChI is InChI=1S/C23H25F3N4O3/c1-21(2,32)17-10-9-16-19(28-17)30(14-5-7-15(8-6-14)33-23(24,25)26)20(27-16)29-18(31)13-22(3)11-4-12-22/h5-10,32H,4,11-13H2,1-3H3,(H,27,29,31). The number of hydrogen-bond donors (Lipinski definition) is 2. The van der Waals surface area contributed by atoms with Gasteiger partial charge in [0.2, 0.25) is 11.9 Å². The van der Waals surface area contributed by atoms with Gasteiger partial charge in [-0.05, 0) is 68.5 Å². The summed E-state index contributed by atoms with van der Waals surface area (Å²) in [4.78, 5) is 21.8. The van der Waals surface area contributed by atoms with Crippen molar-refractivity contribution < 1.29 is 27.8 Å². The van der Waals surface area contributed by atoms with Crippen molar-refractivity contribution >= 4 is 23.0 Å². The first-order valence-corrected chi connectivity index (χ1v) is 10.6. The van der Waals surface area contributed by atoms with E-state index in [1.807, 2.05) is 0 Å². The van der Waals surface area contributed by atoms with Crippen molar-refractivity contribution in [1.29, 1.82) is 0 Å². The van der Waals surface area contributed by atoms with Crippen molar-refractivity contribution in [3.63, 3.8) is 0 Å². The molecule has 1 amide bonds. The highest BCUT2D eigenvalue weighted by molar-refractivity contribution is 5.92. The highest BCUT2D eigenvalue weighted by atomic mass is 19.4. The number of fused-ring (bicyclic) bond motifs is 1. The van der Waals surface area contributed by atoms with E-state index in [0.717, 1.165) is 19.3 Å². The zero-order chi connectivity index (χ0) is 24.0. The molecule has 0 radical (unpaired) electrons. The second kappa shape index (κ2) is 8.02. The molecule has 0 unspecified atom stereocenters. The molecule has 1 saturated carbocycles. The molecule has 0 aliphatic heterocycles. The molecule has 0 spiro atoms. The Kier molecular flexibility index (Phi) is 5.60. The number of rotatable bonds is 6. The summed E-state index contributed by atoms with van der Waals surface area (Å²) in [5.41, 5.74) is 0.360. The predicted molar refractivity (Wildman–Crippen MR) is 116 cm³/mol. The Hall–Kier alpha value is -3.14. The van der Waals surface area contributed by atoms with Crippen LogP contribution in [0.5, 0.6) is 5.75 Å². The number of imidazole rings is 1. The topological polar surface area (TPSA) is 89.3 Å². The summed E-state index contributed by atoms with van der Waals surface area (Å²) in [6.07, 6.45) is -1.40. The molecule has 10 heteroatoms. The van der Waals surface area contributed by atoms with E-state index in [0.29, 0.717) is 29.0 Å². The van der Waals surface area contributed by atoms with Gasteiger partial charge in [0.1, 0.15) is 16.9 Å². The molecule has 33 heavy (non-hydrogen) atoms. The van der Waals surface area contributed by atoms with Gasteiger partial charge in [-0.15, -0.1) is 13.2 Å². The summed E-state index contributed by atoms with van der Waals surface area (Å²) in [5.74, 6) is -0.374. The molecule has 0 atom stereocenters. The molecule has 1 aromatic carbocycles. The van der Waals surface area contributed by atoms with Crippen LogP contribution < -0.4 is 10.1 Å². The number of aliphatic hydroxyl groups is 1. The number of ether oxygens (including phenoxy) is 1. The predicted octanol–water partition coefficient (Wildman–Crippen LogP) is 5.07.